The molecule has 0 radical (unpaired) electrons. The van der Waals surface area contributed by atoms with Gasteiger partial charge in [-0.05, 0) is 49.7 Å². The van der Waals surface area contributed by atoms with Crippen LogP contribution in [-0.2, 0) is 18.7 Å². The lowest BCUT2D eigenvalue weighted by atomic mass is 9.92. The van der Waals surface area contributed by atoms with Crippen molar-refractivity contribution in [3.05, 3.63) is 78.5 Å². The molecule has 2 aromatic heterocycles. The van der Waals surface area contributed by atoms with Crippen LogP contribution < -0.4 is 4.74 Å². The summed E-state index contributed by atoms with van der Waals surface area (Å²) in [5.41, 5.74) is -0.269. The molecule has 2 aromatic carbocycles. The molecule has 0 bridgehead atoms. The zero-order valence-electron chi connectivity index (χ0n) is 22.3. The van der Waals surface area contributed by atoms with Crippen LogP contribution in [0.1, 0.15) is 24.8 Å². The van der Waals surface area contributed by atoms with Gasteiger partial charge >= 0.3 is 0 Å². The van der Waals surface area contributed by atoms with Crippen LogP contribution in [0, 0.1) is 11.6 Å². The summed E-state index contributed by atoms with van der Waals surface area (Å²) in [6.45, 7) is 5.58. The molecule has 1 aliphatic heterocycles. The molecule has 4 aromatic rings. The third kappa shape index (κ3) is 6.63. The highest BCUT2D eigenvalue weighted by Crippen LogP contribution is 2.28. The summed E-state index contributed by atoms with van der Waals surface area (Å²) < 4.78 is 37.4. The Morgan fingerprint density at radius 3 is 2.46 bits per heavy atom. The molecule has 208 valence electrons. The average Bonchev–Trinajstić information content (AvgIpc) is 3.58. The third-order valence-corrected chi connectivity index (χ3v) is 7.62. The number of hydrogen-bond acceptors (Lipinski definition) is 6. The molecule has 8 nitrogen and oxygen atoms in total. The molecule has 1 saturated heterocycles. The van der Waals surface area contributed by atoms with Crippen molar-refractivity contribution in [3.63, 3.8) is 0 Å². The van der Waals surface area contributed by atoms with E-state index in [1.807, 2.05) is 6.07 Å². The molecule has 1 aliphatic rings. The van der Waals surface area contributed by atoms with Crippen LogP contribution in [0.5, 0.6) is 5.75 Å². The van der Waals surface area contributed by atoms with E-state index in [4.69, 9.17) is 4.74 Å². The smallest absolute Gasteiger partial charge is 0.137 e. The second-order valence-electron chi connectivity index (χ2n) is 10.4. The van der Waals surface area contributed by atoms with Crippen LogP contribution in [0.2, 0.25) is 0 Å². The number of aromatic nitrogens is 4. The quantitative estimate of drug-likeness (QED) is 0.276. The van der Waals surface area contributed by atoms with E-state index in [2.05, 4.69) is 48.8 Å². The van der Waals surface area contributed by atoms with E-state index in [0.717, 1.165) is 70.3 Å². The molecule has 1 fully saturated rings. The van der Waals surface area contributed by atoms with E-state index >= 15 is 0 Å². The standard InChI is InChI=1S/C29H36F2N6O2/c1-39-25-6-8-28-23(17-25)9-12-36(28)11-4-2-3-10-34-13-15-35(16-14-34)19-29(38,20-37-22-32-21-33-37)26-7-5-24(30)18-27(26)31/h5-9,12,17-18,21-22,38H,2-4,10-11,13-16,19-20H2,1H3. The van der Waals surface area contributed by atoms with E-state index < -0.39 is 17.2 Å². The van der Waals surface area contributed by atoms with Crippen LogP contribution in [0.3, 0.4) is 0 Å². The first-order chi connectivity index (χ1) is 18.9. The van der Waals surface area contributed by atoms with Crippen LogP contribution in [0.15, 0.2) is 61.3 Å². The van der Waals surface area contributed by atoms with E-state index in [0.29, 0.717) is 0 Å². The molecule has 1 unspecified atom stereocenters. The number of unbranched alkanes of at least 4 members (excludes halogenated alkanes) is 2. The Morgan fingerprint density at radius 2 is 1.72 bits per heavy atom. The van der Waals surface area contributed by atoms with Gasteiger partial charge in [0.2, 0.25) is 0 Å². The fourth-order valence-electron chi connectivity index (χ4n) is 5.51. The Bertz CT molecular complexity index is 1350. The maximum absolute atomic E-state index is 14.7. The summed E-state index contributed by atoms with van der Waals surface area (Å²) in [6, 6.07) is 11.6. The molecule has 0 spiro atoms. The summed E-state index contributed by atoms with van der Waals surface area (Å²) in [7, 11) is 1.69. The number of ether oxygens (including phenoxy) is 1. The zero-order valence-corrected chi connectivity index (χ0v) is 22.3. The first-order valence-electron chi connectivity index (χ1n) is 13.5. The number of piperazine rings is 1. The molecule has 5 rings (SSSR count). The summed E-state index contributed by atoms with van der Waals surface area (Å²) in [6.07, 6.45) is 8.40. The van der Waals surface area contributed by atoms with Gasteiger partial charge in [0, 0.05) is 68.0 Å². The van der Waals surface area contributed by atoms with Gasteiger partial charge in [-0.2, -0.15) is 5.10 Å². The largest absolute Gasteiger partial charge is 0.497 e. The van der Waals surface area contributed by atoms with Crippen LogP contribution in [-0.4, -0.2) is 80.6 Å². The molecule has 3 heterocycles. The van der Waals surface area contributed by atoms with Gasteiger partial charge in [0.25, 0.3) is 0 Å². The van der Waals surface area contributed by atoms with Gasteiger partial charge in [-0.15, -0.1) is 0 Å². The van der Waals surface area contributed by atoms with E-state index in [1.165, 1.54) is 40.4 Å². The first kappa shape index (κ1) is 27.2. The Balaban J connectivity index is 1.08. The van der Waals surface area contributed by atoms with E-state index in [-0.39, 0.29) is 18.7 Å². The fraction of sp³-hybridized carbons (Fsp3) is 0.448. The molecule has 1 N–H and O–H groups in total. The Kier molecular flexibility index (Phi) is 8.54. The predicted octanol–water partition coefficient (Wildman–Crippen LogP) is 3.90. The van der Waals surface area contributed by atoms with Gasteiger partial charge in [-0.1, -0.05) is 12.5 Å². The van der Waals surface area contributed by atoms with Crippen LogP contribution in [0.25, 0.3) is 10.9 Å². The van der Waals surface area contributed by atoms with Gasteiger partial charge in [0.1, 0.15) is 35.6 Å². The number of aryl methyl sites for hydroxylation is 1. The molecule has 0 amide bonds. The van der Waals surface area contributed by atoms with Gasteiger partial charge in [0.15, 0.2) is 0 Å². The van der Waals surface area contributed by atoms with E-state index in [1.54, 1.807) is 7.11 Å². The molecule has 0 saturated carbocycles. The Labute approximate surface area is 227 Å². The minimum atomic E-state index is -1.57. The summed E-state index contributed by atoms with van der Waals surface area (Å²) >= 11 is 0. The number of hydrogen-bond donors (Lipinski definition) is 1. The maximum Gasteiger partial charge on any atom is 0.137 e. The highest BCUT2D eigenvalue weighted by Gasteiger charge is 2.36. The first-order valence-corrected chi connectivity index (χ1v) is 13.5. The van der Waals surface area contributed by atoms with Crippen molar-refractivity contribution < 1.29 is 18.6 Å². The lowest BCUT2D eigenvalue weighted by Gasteiger charge is -2.39. The number of aliphatic hydroxyl groups is 1. The number of nitrogens with zero attached hydrogens (tertiary/aromatic N) is 6. The zero-order chi connectivity index (χ0) is 27.2. The topological polar surface area (TPSA) is 71.6 Å². The van der Waals surface area contributed by atoms with Gasteiger partial charge in [0.05, 0.1) is 13.7 Å². The highest BCUT2D eigenvalue weighted by atomic mass is 19.1. The maximum atomic E-state index is 14.7. The molecule has 0 aliphatic carbocycles. The van der Waals surface area contributed by atoms with Crippen LogP contribution >= 0.6 is 0 Å². The van der Waals surface area contributed by atoms with Crippen molar-refractivity contribution in [3.8, 4) is 5.75 Å². The third-order valence-electron chi connectivity index (χ3n) is 7.62. The van der Waals surface area contributed by atoms with Crippen molar-refractivity contribution in [2.24, 2.45) is 0 Å². The predicted molar refractivity (Wildman–Crippen MR) is 145 cm³/mol. The number of fused-ring (bicyclic) bond motifs is 1. The minimum absolute atomic E-state index is 0.0278. The summed E-state index contributed by atoms with van der Waals surface area (Å²) in [5.74, 6) is -0.554. The second-order valence-corrected chi connectivity index (χ2v) is 10.4. The lowest BCUT2D eigenvalue weighted by molar-refractivity contribution is -0.0319. The number of halogens is 2. The van der Waals surface area contributed by atoms with Crippen molar-refractivity contribution in [2.75, 3.05) is 46.4 Å². The van der Waals surface area contributed by atoms with Gasteiger partial charge in [-0.25, -0.2) is 18.4 Å². The van der Waals surface area contributed by atoms with Crippen molar-refractivity contribution >= 4 is 10.9 Å². The molecular formula is C29H36F2N6O2. The highest BCUT2D eigenvalue weighted by molar-refractivity contribution is 5.81. The number of methoxy groups -OCH3 is 1. The lowest BCUT2D eigenvalue weighted by Crippen LogP contribution is -2.52. The molecule has 10 heteroatoms. The Hall–Kier alpha value is -3.34. The minimum Gasteiger partial charge on any atom is -0.497 e. The molecule has 1 atom stereocenters. The molecule has 39 heavy (non-hydrogen) atoms. The average molecular weight is 539 g/mol. The fourth-order valence-corrected chi connectivity index (χ4v) is 5.51. The van der Waals surface area contributed by atoms with E-state index in [9.17, 15) is 13.9 Å². The number of benzene rings is 2. The monoisotopic (exact) mass is 538 g/mol. The normalized spacial score (nSPS) is 16.5. The van der Waals surface area contributed by atoms with Crippen LogP contribution in [0.4, 0.5) is 8.78 Å². The van der Waals surface area contributed by atoms with Gasteiger partial charge in [-0.3, -0.25) is 4.90 Å². The number of rotatable bonds is 12. The molecular weight excluding hydrogens is 502 g/mol. The Morgan fingerprint density at radius 1 is 0.923 bits per heavy atom. The SMILES string of the molecule is COc1ccc2c(ccn2CCCCCN2CCN(CC(O)(Cn3cncn3)c3ccc(F)cc3F)CC2)c1. The number of β-amino-alcohol motifs (C(OH)–C–C–N with tert-alkyl or cyclic N) is 1. The second kappa shape index (κ2) is 12.2. The summed E-state index contributed by atoms with van der Waals surface area (Å²) in [4.78, 5) is 8.52. The van der Waals surface area contributed by atoms with Crippen molar-refractivity contribution in [1.29, 1.82) is 0 Å². The van der Waals surface area contributed by atoms with Crippen molar-refractivity contribution in [2.45, 2.75) is 38.0 Å². The van der Waals surface area contributed by atoms with Crippen molar-refractivity contribution in [1.82, 2.24) is 29.1 Å². The van der Waals surface area contributed by atoms with Gasteiger partial charge < -0.3 is 19.3 Å². The summed E-state index contributed by atoms with van der Waals surface area (Å²) in [5, 5.41) is 16.9.